The molecule has 1 aromatic rings. The fourth-order valence-electron chi connectivity index (χ4n) is 2.15. The third kappa shape index (κ3) is 3.31. The van der Waals surface area contributed by atoms with Crippen LogP contribution in [0.25, 0.3) is 0 Å². The average Bonchev–Trinajstić information content (AvgIpc) is 2.81. The maximum Gasteiger partial charge on any atom is 0.330 e. The number of amides is 2. The normalized spacial score (nSPS) is 24.8. The van der Waals surface area contributed by atoms with Gasteiger partial charge in [-0.3, -0.25) is 14.3 Å². The number of nitrogens with zero attached hydrogens (tertiary/aromatic N) is 1. The Morgan fingerprint density at radius 3 is 2.95 bits per heavy atom. The molecule has 1 aliphatic rings. The number of hydrogen-bond donors (Lipinski definition) is 4. The first-order chi connectivity index (χ1) is 9.92. The summed E-state index contributed by atoms with van der Waals surface area (Å²) in [4.78, 5) is 36.4. The number of aryl methyl sites for hydroxylation is 1. The number of aliphatic hydroxyl groups excluding tert-OH is 1. The molecule has 21 heavy (non-hydrogen) atoms. The molecule has 0 aromatic carbocycles. The largest absolute Gasteiger partial charge is 0.390 e. The Labute approximate surface area is 119 Å². The highest BCUT2D eigenvalue weighted by Gasteiger charge is 2.35. The Morgan fingerprint density at radius 2 is 2.29 bits per heavy atom. The molecule has 2 amide bonds. The lowest BCUT2D eigenvalue weighted by molar-refractivity contribution is -0.0180. The summed E-state index contributed by atoms with van der Waals surface area (Å²) in [7, 11) is 1.48. The highest BCUT2D eigenvalue weighted by Crippen LogP contribution is 2.27. The first kappa shape index (κ1) is 15.3. The highest BCUT2D eigenvalue weighted by molar-refractivity contribution is 5.73. The van der Waals surface area contributed by atoms with E-state index in [4.69, 9.17) is 4.74 Å². The lowest BCUT2D eigenvalue weighted by Gasteiger charge is -2.16. The molecule has 1 saturated heterocycles. The smallest absolute Gasteiger partial charge is 0.330 e. The molecule has 3 atom stereocenters. The molecule has 0 spiro atoms. The van der Waals surface area contributed by atoms with Crippen molar-refractivity contribution in [3.63, 3.8) is 0 Å². The zero-order chi connectivity index (χ0) is 15.6. The van der Waals surface area contributed by atoms with Crippen LogP contribution in [0.3, 0.4) is 0 Å². The molecule has 116 valence electrons. The maximum atomic E-state index is 11.8. The van der Waals surface area contributed by atoms with Gasteiger partial charge in [0.2, 0.25) is 0 Å². The third-order valence-corrected chi connectivity index (χ3v) is 3.35. The summed E-state index contributed by atoms with van der Waals surface area (Å²) in [5.74, 6) is 0. The molecule has 9 heteroatoms. The molecule has 0 radical (unpaired) electrons. The number of H-pyrrole nitrogens is 1. The molecule has 0 saturated carbocycles. The quantitative estimate of drug-likeness (QED) is 0.536. The van der Waals surface area contributed by atoms with Gasteiger partial charge in [0.05, 0.1) is 6.10 Å². The van der Waals surface area contributed by atoms with Crippen molar-refractivity contribution in [1.82, 2.24) is 20.2 Å². The monoisotopic (exact) mass is 298 g/mol. The van der Waals surface area contributed by atoms with Crippen molar-refractivity contribution in [3.8, 4) is 0 Å². The number of carbonyl (C=O) groups excluding carboxylic acids is 1. The van der Waals surface area contributed by atoms with Crippen molar-refractivity contribution in [2.24, 2.45) is 0 Å². The van der Waals surface area contributed by atoms with E-state index >= 15 is 0 Å². The Bertz CT molecular complexity index is 637. The van der Waals surface area contributed by atoms with Gasteiger partial charge in [0.25, 0.3) is 5.56 Å². The zero-order valence-electron chi connectivity index (χ0n) is 11.8. The number of aromatic nitrogens is 2. The Balaban J connectivity index is 2.10. The molecule has 0 unspecified atom stereocenters. The van der Waals surface area contributed by atoms with Crippen LogP contribution in [0.5, 0.6) is 0 Å². The predicted molar refractivity (Wildman–Crippen MR) is 73.1 cm³/mol. The molecule has 1 fully saturated rings. The van der Waals surface area contributed by atoms with E-state index in [1.165, 1.54) is 17.8 Å². The fourth-order valence-corrected chi connectivity index (χ4v) is 2.15. The molecular weight excluding hydrogens is 280 g/mol. The molecule has 2 heterocycles. The van der Waals surface area contributed by atoms with Crippen LogP contribution in [0, 0.1) is 6.92 Å². The van der Waals surface area contributed by atoms with E-state index in [1.807, 2.05) is 0 Å². The van der Waals surface area contributed by atoms with Gasteiger partial charge < -0.3 is 20.5 Å². The van der Waals surface area contributed by atoms with Crippen LogP contribution < -0.4 is 21.9 Å². The van der Waals surface area contributed by atoms with Gasteiger partial charge in [-0.25, -0.2) is 9.59 Å². The van der Waals surface area contributed by atoms with Crippen LogP contribution in [0.2, 0.25) is 0 Å². The molecule has 0 aliphatic carbocycles. The molecule has 1 aliphatic heterocycles. The summed E-state index contributed by atoms with van der Waals surface area (Å²) in [6, 6.07) is -0.383. The fraction of sp³-hybridized carbons (Fsp3) is 0.583. The molecular formula is C12H18N4O5. The van der Waals surface area contributed by atoms with Gasteiger partial charge in [-0.15, -0.1) is 0 Å². The number of nitrogens with one attached hydrogen (secondary N) is 3. The second kappa shape index (κ2) is 6.10. The van der Waals surface area contributed by atoms with Gasteiger partial charge in [-0.05, 0) is 6.92 Å². The number of ether oxygens (including phenoxy) is 1. The van der Waals surface area contributed by atoms with Crippen molar-refractivity contribution in [2.45, 2.75) is 31.8 Å². The van der Waals surface area contributed by atoms with E-state index in [9.17, 15) is 19.5 Å². The lowest BCUT2D eigenvalue weighted by atomic mass is 10.2. The minimum absolute atomic E-state index is 0.119. The van der Waals surface area contributed by atoms with Crippen molar-refractivity contribution in [1.29, 1.82) is 0 Å². The number of carbonyl (C=O) groups is 1. The number of urea groups is 1. The SMILES string of the molecule is CNC(=O)NC[C@H]1O[C@@H](n2cc(C)c(=O)[nH]c2=O)C[C@@H]1O. The summed E-state index contributed by atoms with van der Waals surface area (Å²) in [6.45, 7) is 1.69. The highest BCUT2D eigenvalue weighted by atomic mass is 16.5. The third-order valence-electron chi connectivity index (χ3n) is 3.35. The maximum absolute atomic E-state index is 11.8. The van der Waals surface area contributed by atoms with E-state index in [1.54, 1.807) is 6.92 Å². The number of aliphatic hydroxyl groups is 1. The average molecular weight is 298 g/mol. The van der Waals surface area contributed by atoms with Crippen LogP contribution in [-0.4, -0.2) is 46.5 Å². The van der Waals surface area contributed by atoms with Crippen LogP contribution in [0.4, 0.5) is 4.79 Å². The predicted octanol–water partition coefficient (Wildman–Crippen LogP) is -1.58. The Hall–Kier alpha value is -2.13. The summed E-state index contributed by atoms with van der Waals surface area (Å²) in [6.07, 6.45) is -0.518. The summed E-state index contributed by atoms with van der Waals surface area (Å²) in [5.41, 5.74) is -0.671. The summed E-state index contributed by atoms with van der Waals surface area (Å²) >= 11 is 0. The summed E-state index contributed by atoms with van der Waals surface area (Å²) in [5, 5.41) is 14.9. The molecule has 4 N–H and O–H groups in total. The van der Waals surface area contributed by atoms with Crippen LogP contribution >= 0.6 is 0 Å². The number of hydrogen-bond acceptors (Lipinski definition) is 5. The zero-order valence-corrected chi connectivity index (χ0v) is 11.8. The second-order valence-electron chi connectivity index (χ2n) is 4.87. The van der Waals surface area contributed by atoms with Gasteiger partial charge >= 0.3 is 11.7 Å². The standard InChI is InChI=1S/C12H18N4O5/c1-6-5-16(12(20)15-10(6)18)9-3-7(17)8(21-9)4-14-11(19)13-2/h5,7-9,17H,3-4H2,1-2H3,(H2,13,14,19)(H,15,18,20)/t7-,8+,9+/m0/s1. The van der Waals surface area contributed by atoms with Crippen LogP contribution in [0.15, 0.2) is 15.8 Å². The first-order valence-electron chi connectivity index (χ1n) is 6.53. The minimum Gasteiger partial charge on any atom is -0.390 e. The van der Waals surface area contributed by atoms with Crippen molar-refractivity contribution in [2.75, 3.05) is 13.6 Å². The number of aromatic amines is 1. The molecule has 0 bridgehead atoms. The van der Waals surface area contributed by atoms with E-state index in [2.05, 4.69) is 15.6 Å². The van der Waals surface area contributed by atoms with E-state index in [0.717, 1.165) is 0 Å². The lowest BCUT2D eigenvalue weighted by Crippen LogP contribution is -2.41. The van der Waals surface area contributed by atoms with E-state index in [0.29, 0.717) is 5.56 Å². The Kier molecular flexibility index (Phi) is 4.43. The van der Waals surface area contributed by atoms with Crippen LogP contribution in [-0.2, 0) is 4.74 Å². The van der Waals surface area contributed by atoms with E-state index < -0.39 is 29.7 Å². The molecule has 2 rings (SSSR count). The number of rotatable bonds is 3. The van der Waals surface area contributed by atoms with Gasteiger partial charge in [0.1, 0.15) is 12.3 Å². The van der Waals surface area contributed by atoms with Crippen LogP contribution in [0.1, 0.15) is 18.2 Å². The van der Waals surface area contributed by atoms with Gasteiger partial charge in [0.15, 0.2) is 0 Å². The summed E-state index contributed by atoms with van der Waals surface area (Å²) < 4.78 is 6.81. The van der Waals surface area contributed by atoms with Gasteiger partial charge in [-0.2, -0.15) is 0 Å². The molecule has 9 nitrogen and oxygen atoms in total. The Morgan fingerprint density at radius 1 is 1.57 bits per heavy atom. The first-order valence-corrected chi connectivity index (χ1v) is 6.53. The van der Waals surface area contributed by atoms with Crippen molar-refractivity contribution in [3.05, 3.63) is 32.6 Å². The second-order valence-corrected chi connectivity index (χ2v) is 4.87. The topological polar surface area (TPSA) is 125 Å². The van der Waals surface area contributed by atoms with E-state index in [-0.39, 0.29) is 19.0 Å². The van der Waals surface area contributed by atoms with Crippen molar-refractivity contribution < 1.29 is 14.6 Å². The van der Waals surface area contributed by atoms with Crippen molar-refractivity contribution >= 4 is 6.03 Å². The minimum atomic E-state index is -0.814. The van der Waals surface area contributed by atoms with Gasteiger partial charge in [-0.1, -0.05) is 0 Å². The molecule has 1 aromatic heterocycles. The van der Waals surface area contributed by atoms with Gasteiger partial charge in [0, 0.05) is 31.8 Å².